The number of aryl methyl sites for hydroxylation is 1. The SMILES string of the molecule is Cc1ccc(NC(=O)COc2ccccc2CNC[C@H](O)c2ccccc2)cc1. The third kappa shape index (κ3) is 6.45. The van der Waals surface area contributed by atoms with Crippen molar-refractivity contribution in [1.82, 2.24) is 5.32 Å². The molecule has 0 fully saturated rings. The van der Waals surface area contributed by atoms with Gasteiger partial charge in [-0.15, -0.1) is 0 Å². The number of aliphatic hydroxyl groups is 1. The molecular weight excluding hydrogens is 364 g/mol. The highest BCUT2D eigenvalue weighted by molar-refractivity contribution is 5.91. The first-order valence-electron chi connectivity index (χ1n) is 9.63. The minimum absolute atomic E-state index is 0.0719. The van der Waals surface area contributed by atoms with Crippen LogP contribution in [0.4, 0.5) is 5.69 Å². The van der Waals surface area contributed by atoms with Gasteiger partial charge in [0.25, 0.3) is 5.91 Å². The first-order valence-corrected chi connectivity index (χ1v) is 9.63. The van der Waals surface area contributed by atoms with Gasteiger partial charge in [-0.2, -0.15) is 0 Å². The third-order valence-corrected chi connectivity index (χ3v) is 4.50. The second-order valence-electron chi connectivity index (χ2n) is 6.87. The van der Waals surface area contributed by atoms with Crippen molar-refractivity contribution in [3.63, 3.8) is 0 Å². The summed E-state index contributed by atoms with van der Waals surface area (Å²) < 4.78 is 5.72. The second kappa shape index (κ2) is 10.4. The van der Waals surface area contributed by atoms with Crippen molar-refractivity contribution in [2.24, 2.45) is 0 Å². The number of rotatable bonds is 9. The van der Waals surface area contributed by atoms with Crippen LogP contribution in [0.1, 0.15) is 22.8 Å². The van der Waals surface area contributed by atoms with Gasteiger partial charge in [0.2, 0.25) is 0 Å². The molecule has 5 nitrogen and oxygen atoms in total. The number of anilines is 1. The number of para-hydroxylation sites is 1. The molecule has 0 aliphatic heterocycles. The van der Waals surface area contributed by atoms with Crippen molar-refractivity contribution >= 4 is 11.6 Å². The van der Waals surface area contributed by atoms with E-state index >= 15 is 0 Å². The molecule has 3 N–H and O–H groups in total. The molecule has 0 bridgehead atoms. The largest absolute Gasteiger partial charge is 0.483 e. The maximum absolute atomic E-state index is 12.2. The van der Waals surface area contributed by atoms with E-state index < -0.39 is 6.10 Å². The van der Waals surface area contributed by atoms with Crippen LogP contribution in [-0.2, 0) is 11.3 Å². The molecular formula is C24H26N2O3. The number of amides is 1. The molecule has 0 radical (unpaired) electrons. The van der Waals surface area contributed by atoms with Gasteiger partial charge >= 0.3 is 0 Å². The first kappa shape index (κ1) is 20.6. The number of benzene rings is 3. The lowest BCUT2D eigenvalue weighted by molar-refractivity contribution is -0.118. The summed E-state index contributed by atoms with van der Waals surface area (Å²) in [7, 11) is 0. The lowest BCUT2D eigenvalue weighted by atomic mass is 10.1. The summed E-state index contributed by atoms with van der Waals surface area (Å²) >= 11 is 0. The zero-order valence-electron chi connectivity index (χ0n) is 16.5. The van der Waals surface area contributed by atoms with E-state index in [4.69, 9.17) is 4.74 Å². The minimum Gasteiger partial charge on any atom is -0.483 e. The van der Waals surface area contributed by atoms with Crippen molar-refractivity contribution in [2.45, 2.75) is 19.6 Å². The highest BCUT2D eigenvalue weighted by Crippen LogP contribution is 2.18. The van der Waals surface area contributed by atoms with E-state index in [0.29, 0.717) is 18.8 Å². The lowest BCUT2D eigenvalue weighted by Gasteiger charge is -2.15. The molecule has 5 heteroatoms. The quantitative estimate of drug-likeness (QED) is 0.519. The number of nitrogens with one attached hydrogen (secondary N) is 2. The summed E-state index contributed by atoms with van der Waals surface area (Å²) in [6.45, 7) is 2.88. The zero-order chi connectivity index (χ0) is 20.5. The number of carbonyl (C=O) groups is 1. The van der Waals surface area contributed by atoms with Crippen LogP contribution in [0, 0.1) is 6.92 Å². The molecule has 0 heterocycles. The van der Waals surface area contributed by atoms with Crippen molar-refractivity contribution in [2.75, 3.05) is 18.5 Å². The van der Waals surface area contributed by atoms with Crippen LogP contribution in [0.3, 0.4) is 0 Å². The average molecular weight is 390 g/mol. The Morgan fingerprint density at radius 1 is 0.966 bits per heavy atom. The maximum Gasteiger partial charge on any atom is 0.262 e. The monoisotopic (exact) mass is 390 g/mol. The van der Waals surface area contributed by atoms with Crippen LogP contribution >= 0.6 is 0 Å². The van der Waals surface area contributed by atoms with Gasteiger partial charge in [-0.05, 0) is 30.7 Å². The van der Waals surface area contributed by atoms with Gasteiger partial charge in [-0.25, -0.2) is 0 Å². The standard InChI is InChI=1S/C24H26N2O3/c1-18-11-13-21(14-12-18)26-24(28)17-29-23-10-6-5-9-20(23)15-25-16-22(27)19-7-3-2-4-8-19/h2-14,22,25,27H,15-17H2,1H3,(H,26,28)/t22-/m0/s1. The summed E-state index contributed by atoms with van der Waals surface area (Å²) in [5, 5.41) is 16.3. The van der Waals surface area contributed by atoms with E-state index in [0.717, 1.165) is 22.4 Å². The van der Waals surface area contributed by atoms with Crippen LogP contribution in [-0.4, -0.2) is 24.2 Å². The third-order valence-electron chi connectivity index (χ3n) is 4.50. The first-order chi connectivity index (χ1) is 14.1. The Hall–Kier alpha value is -3.15. The molecule has 0 aromatic heterocycles. The van der Waals surface area contributed by atoms with Crippen LogP contribution in [0.15, 0.2) is 78.9 Å². The van der Waals surface area contributed by atoms with Gasteiger partial charge in [0.05, 0.1) is 6.10 Å². The van der Waals surface area contributed by atoms with Gasteiger partial charge < -0.3 is 20.5 Å². The Morgan fingerprint density at radius 3 is 2.41 bits per heavy atom. The molecule has 3 rings (SSSR count). The van der Waals surface area contributed by atoms with E-state index in [1.165, 1.54) is 0 Å². The summed E-state index contributed by atoms with van der Waals surface area (Å²) in [5.74, 6) is 0.435. The molecule has 150 valence electrons. The molecule has 1 atom stereocenters. The predicted molar refractivity (Wildman–Crippen MR) is 115 cm³/mol. The normalized spacial score (nSPS) is 11.7. The summed E-state index contributed by atoms with van der Waals surface area (Å²) in [6, 6.07) is 24.7. The fourth-order valence-corrected chi connectivity index (χ4v) is 2.90. The zero-order valence-corrected chi connectivity index (χ0v) is 16.5. The van der Waals surface area contributed by atoms with Gasteiger partial charge in [-0.1, -0.05) is 66.2 Å². The second-order valence-corrected chi connectivity index (χ2v) is 6.87. The van der Waals surface area contributed by atoms with Crippen molar-refractivity contribution in [3.05, 3.63) is 95.6 Å². The molecule has 0 saturated heterocycles. The van der Waals surface area contributed by atoms with Gasteiger partial charge in [0, 0.05) is 24.3 Å². The smallest absolute Gasteiger partial charge is 0.262 e. The fraction of sp³-hybridized carbons (Fsp3) is 0.208. The Kier molecular flexibility index (Phi) is 7.39. The van der Waals surface area contributed by atoms with E-state index in [1.807, 2.05) is 85.8 Å². The van der Waals surface area contributed by atoms with Crippen molar-refractivity contribution < 1.29 is 14.6 Å². The molecule has 0 spiro atoms. The highest BCUT2D eigenvalue weighted by Gasteiger charge is 2.09. The molecule has 3 aromatic rings. The van der Waals surface area contributed by atoms with Crippen LogP contribution in [0.5, 0.6) is 5.75 Å². The molecule has 0 unspecified atom stereocenters. The van der Waals surface area contributed by atoms with E-state index in [1.54, 1.807) is 0 Å². The van der Waals surface area contributed by atoms with Gasteiger partial charge in [-0.3, -0.25) is 4.79 Å². The summed E-state index contributed by atoms with van der Waals surface area (Å²) in [4.78, 5) is 12.2. The Bertz CT molecular complexity index is 911. The van der Waals surface area contributed by atoms with Crippen molar-refractivity contribution in [3.8, 4) is 5.75 Å². The Balaban J connectivity index is 1.49. The van der Waals surface area contributed by atoms with E-state index in [9.17, 15) is 9.90 Å². The number of carbonyl (C=O) groups excluding carboxylic acids is 1. The molecule has 0 saturated carbocycles. The Labute approximate surface area is 171 Å². The summed E-state index contributed by atoms with van der Waals surface area (Å²) in [5.41, 5.74) is 3.68. The predicted octanol–water partition coefficient (Wildman–Crippen LogP) is 3.84. The summed E-state index contributed by atoms with van der Waals surface area (Å²) in [6.07, 6.45) is -0.579. The van der Waals surface area contributed by atoms with E-state index in [-0.39, 0.29) is 12.5 Å². The van der Waals surface area contributed by atoms with Crippen molar-refractivity contribution in [1.29, 1.82) is 0 Å². The molecule has 0 aliphatic rings. The van der Waals surface area contributed by atoms with Crippen LogP contribution < -0.4 is 15.4 Å². The average Bonchev–Trinajstić information content (AvgIpc) is 2.75. The van der Waals surface area contributed by atoms with Gasteiger partial charge in [0.15, 0.2) is 6.61 Å². The van der Waals surface area contributed by atoms with Crippen LogP contribution in [0.2, 0.25) is 0 Å². The molecule has 3 aromatic carbocycles. The Morgan fingerprint density at radius 2 is 1.66 bits per heavy atom. The van der Waals surface area contributed by atoms with Gasteiger partial charge in [0.1, 0.15) is 5.75 Å². The minimum atomic E-state index is -0.579. The van der Waals surface area contributed by atoms with Crippen LogP contribution in [0.25, 0.3) is 0 Å². The maximum atomic E-state index is 12.2. The highest BCUT2D eigenvalue weighted by atomic mass is 16.5. The number of ether oxygens (including phenoxy) is 1. The lowest BCUT2D eigenvalue weighted by Crippen LogP contribution is -2.23. The molecule has 1 amide bonds. The number of hydrogen-bond acceptors (Lipinski definition) is 4. The molecule has 29 heavy (non-hydrogen) atoms. The number of hydrogen-bond donors (Lipinski definition) is 3. The number of aliphatic hydroxyl groups excluding tert-OH is 1. The molecule has 0 aliphatic carbocycles. The fourth-order valence-electron chi connectivity index (χ4n) is 2.90. The van der Waals surface area contributed by atoms with E-state index in [2.05, 4.69) is 10.6 Å². The topological polar surface area (TPSA) is 70.6 Å².